The number of furan rings is 1. The van der Waals surface area contributed by atoms with E-state index < -0.39 is 0 Å². The number of aryl methyl sites for hydroxylation is 1. The zero-order chi connectivity index (χ0) is 17.2. The molecule has 128 valence electrons. The lowest BCUT2D eigenvalue weighted by molar-refractivity contribution is 0.0942. The first-order valence-corrected chi connectivity index (χ1v) is 8.68. The van der Waals surface area contributed by atoms with Crippen LogP contribution in [0.4, 0.5) is 0 Å². The Kier molecular flexibility index (Phi) is 4.28. The molecule has 0 spiro atoms. The smallest absolute Gasteiger partial charge is 0.251 e. The van der Waals surface area contributed by atoms with Gasteiger partial charge in [-0.1, -0.05) is 30.3 Å². The Morgan fingerprint density at radius 1 is 1.16 bits per heavy atom. The van der Waals surface area contributed by atoms with Gasteiger partial charge in [0.05, 0.1) is 13.2 Å². The summed E-state index contributed by atoms with van der Waals surface area (Å²) in [6.07, 6.45) is 1.55. The maximum atomic E-state index is 12.6. The molecule has 0 bridgehead atoms. The zero-order valence-corrected chi connectivity index (χ0v) is 14.3. The fourth-order valence-corrected chi connectivity index (χ4v) is 3.56. The molecule has 2 heterocycles. The van der Waals surface area contributed by atoms with E-state index >= 15 is 0 Å². The Morgan fingerprint density at radius 2 is 2.04 bits per heavy atom. The summed E-state index contributed by atoms with van der Waals surface area (Å²) in [5.41, 5.74) is 5.08. The van der Waals surface area contributed by atoms with Gasteiger partial charge in [-0.25, -0.2) is 0 Å². The molecule has 0 aliphatic carbocycles. The predicted octanol–water partition coefficient (Wildman–Crippen LogP) is 3.79. The molecule has 25 heavy (non-hydrogen) atoms. The second kappa shape index (κ2) is 6.73. The quantitative estimate of drug-likeness (QED) is 0.789. The van der Waals surface area contributed by atoms with E-state index in [9.17, 15) is 4.79 Å². The first-order chi connectivity index (χ1) is 12.2. The maximum Gasteiger partial charge on any atom is 0.251 e. The minimum absolute atomic E-state index is 0.01000. The molecule has 2 aromatic carbocycles. The van der Waals surface area contributed by atoms with Gasteiger partial charge < -0.3 is 14.5 Å². The molecule has 1 amide bonds. The normalized spacial score (nSPS) is 13.6. The van der Waals surface area contributed by atoms with Crippen molar-refractivity contribution in [3.8, 4) is 0 Å². The molecule has 0 saturated heterocycles. The van der Waals surface area contributed by atoms with Gasteiger partial charge in [0.1, 0.15) is 11.3 Å². The van der Waals surface area contributed by atoms with Gasteiger partial charge in [-0.3, -0.25) is 4.79 Å². The third kappa shape index (κ3) is 3.05. The molecule has 4 heteroatoms. The van der Waals surface area contributed by atoms with Crippen molar-refractivity contribution in [2.75, 3.05) is 13.2 Å². The highest BCUT2D eigenvalue weighted by Crippen LogP contribution is 2.25. The van der Waals surface area contributed by atoms with Crippen LogP contribution in [0.2, 0.25) is 0 Å². The minimum Gasteiger partial charge on any atom is -0.461 e. The van der Waals surface area contributed by atoms with Gasteiger partial charge in [-0.15, -0.1) is 0 Å². The molecule has 4 nitrogen and oxygen atoms in total. The van der Waals surface area contributed by atoms with E-state index in [1.165, 1.54) is 5.56 Å². The third-order valence-electron chi connectivity index (χ3n) is 4.83. The lowest BCUT2D eigenvalue weighted by Gasteiger charge is -2.19. The second-order valence-electron chi connectivity index (χ2n) is 6.38. The van der Waals surface area contributed by atoms with Gasteiger partial charge in [-0.2, -0.15) is 0 Å². The Balaban J connectivity index is 1.47. The molecule has 0 saturated carbocycles. The Hall–Kier alpha value is -2.59. The van der Waals surface area contributed by atoms with Crippen molar-refractivity contribution in [3.05, 3.63) is 70.5 Å². The number of carbonyl (C=O) groups is 1. The molecule has 1 aliphatic rings. The van der Waals surface area contributed by atoms with Gasteiger partial charge in [0.2, 0.25) is 0 Å². The number of carbonyl (C=O) groups excluding carboxylic acids is 1. The average molecular weight is 335 g/mol. The van der Waals surface area contributed by atoms with Crippen molar-refractivity contribution in [3.63, 3.8) is 0 Å². The number of ether oxygens (including phenoxy) is 1. The number of fused-ring (bicyclic) bond motifs is 2. The summed E-state index contributed by atoms with van der Waals surface area (Å²) in [6.45, 7) is 3.84. The second-order valence-corrected chi connectivity index (χ2v) is 6.38. The average Bonchev–Trinajstić information content (AvgIpc) is 2.96. The van der Waals surface area contributed by atoms with Crippen LogP contribution >= 0.6 is 0 Å². The van der Waals surface area contributed by atoms with Crippen LogP contribution in [0.15, 0.2) is 46.9 Å². The monoisotopic (exact) mass is 335 g/mol. The van der Waals surface area contributed by atoms with E-state index in [0.29, 0.717) is 19.8 Å². The SMILES string of the molecule is Cc1oc2ccccc2c1CCNC(=O)c1cccc2c1CCOC2. The fourth-order valence-electron chi connectivity index (χ4n) is 3.56. The summed E-state index contributed by atoms with van der Waals surface area (Å²) in [4.78, 5) is 12.6. The van der Waals surface area contributed by atoms with Crippen LogP contribution in [0.25, 0.3) is 11.0 Å². The minimum atomic E-state index is -0.01000. The Morgan fingerprint density at radius 3 is 2.96 bits per heavy atom. The Labute approximate surface area is 146 Å². The molecule has 1 N–H and O–H groups in total. The zero-order valence-electron chi connectivity index (χ0n) is 14.3. The number of hydrogen-bond acceptors (Lipinski definition) is 3. The molecule has 0 atom stereocenters. The van der Waals surface area contributed by atoms with E-state index in [2.05, 4.69) is 11.4 Å². The number of nitrogens with one attached hydrogen (secondary N) is 1. The largest absolute Gasteiger partial charge is 0.461 e. The number of hydrogen-bond donors (Lipinski definition) is 1. The highest BCUT2D eigenvalue weighted by Gasteiger charge is 2.18. The molecular weight excluding hydrogens is 314 g/mol. The van der Waals surface area contributed by atoms with Crippen LogP contribution in [0, 0.1) is 6.92 Å². The van der Waals surface area contributed by atoms with Gasteiger partial charge in [-0.05, 0) is 43.0 Å². The van der Waals surface area contributed by atoms with E-state index in [0.717, 1.165) is 46.3 Å². The molecule has 1 aromatic heterocycles. The van der Waals surface area contributed by atoms with Crippen molar-refractivity contribution in [1.82, 2.24) is 5.32 Å². The van der Waals surface area contributed by atoms with Gasteiger partial charge in [0.15, 0.2) is 0 Å². The molecule has 3 aromatic rings. The fraction of sp³-hybridized carbons (Fsp3) is 0.286. The number of para-hydroxylation sites is 1. The molecule has 0 fully saturated rings. The van der Waals surface area contributed by atoms with E-state index in [4.69, 9.17) is 9.15 Å². The number of benzene rings is 2. The van der Waals surface area contributed by atoms with E-state index in [-0.39, 0.29) is 5.91 Å². The summed E-state index contributed by atoms with van der Waals surface area (Å²) in [5, 5.41) is 4.19. The van der Waals surface area contributed by atoms with Crippen molar-refractivity contribution >= 4 is 16.9 Å². The number of amides is 1. The predicted molar refractivity (Wildman–Crippen MR) is 96.8 cm³/mol. The molecule has 4 rings (SSSR count). The topological polar surface area (TPSA) is 51.5 Å². The van der Waals surface area contributed by atoms with E-state index in [1.54, 1.807) is 0 Å². The lowest BCUT2D eigenvalue weighted by atomic mass is 9.96. The molecule has 0 radical (unpaired) electrons. The summed E-state index contributed by atoms with van der Waals surface area (Å²) in [7, 11) is 0. The first-order valence-electron chi connectivity index (χ1n) is 8.68. The Bertz CT molecular complexity index is 926. The highest BCUT2D eigenvalue weighted by molar-refractivity contribution is 5.96. The molecule has 0 unspecified atom stereocenters. The first kappa shape index (κ1) is 15.9. The molecular formula is C21H21NO3. The number of rotatable bonds is 4. The van der Waals surface area contributed by atoms with Crippen molar-refractivity contribution in [2.45, 2.75) is 26.4 Å². The summed E-state index contributed by atoms with van der Waals surface area (Å²) < 4.78 is 11.3. The standard InChI is InChI=1S/C21H21NO3/c1-14-16(18-6-2-3-8-20(18)25-14)9-11-22-21(23)19-7-4-5-15-13-24-12-10-17(15)19/h2-8H,9-13H2,1H3,(H,22,23). The van der Waals surface area contributed by atoms with Crippen LogP contribution in [0.5, 0.6) is 0 Å². The van der Waals surface area contributed by atoms with Gasteiger partial charge >= 0.3 is 0 Å². The van der Waals surface area contributed by atoms with Crippen LogP contribution in [0.1, 0.15) is 32.8 Å². The highest BCUT2D eigenvalue weighted by atomic mass is 16.5. The third-order valence-corrected chi connectivity index (χ3v) is 4.83. The van der Waals surface area contributed by atoms with Gasteiger partial charge in [0.25, 0.3) is 5.91 Å². The van der Waals surface area contributed by atoms with Gasteiger partial charge in [0, 0.05) is 23.1 Å². The van der Waals surface area contributed by atoms with Crippen molar-refractivity contribution < 1.29 is 13.9 Å². The van der Waals surface area contributed by atoms with Crippen LogP contribution in [-0.2, 0) is 24.2 Å². The van der Waals surface area contributed by atoms with Crippen molar-refractivity contribution in [1.29, 1.82) is 0 Å². The molecule has 1 aliphatic heterocycles. The summed E-state index contributed by atoms with van der Waals surface area (Å²) >= 11 is 0. The van der Waals surface area contributed by atoms with Crippen molar-refractivity contribution in [2.24, 2.45) is 0 Å². The van der Waals surface area contributed by atoms with Crippen LogP contribution in [0.3, 0.4) is 0 Å². The van der Waals surface area contributed by atoms with Crippen LogP contribution < -0.4 is 5.32 Å². The van der Waals surface area contributed by atoms with Crippen LogP contribution in [-0.4, -0.2) is 19.1 Å². The maximum absolute atomic E-state index is 12.6. The lowest BCUT2D eigenvalue weighted by Crippen LogP contribution is -2.28. The summed E-state index contributed by atoms with van der Waals surface area (Å²) in [5.74, 6) is 0.911. The summed E-state index contributed by atoms with van der Waals surface area (Å²) in [6, 6.07) is 13.9. The van der Waals surface area contributed by atoms with E-state index in [1.807, 2.05) is 43.3 Å².